The molecule has 0 bridgehead atoms. The Morgan fingerprint density at radius 2 is 0.802 bits per heavy atom. The topological polar surface area (TPSA) is 228 Å². The zero-order chi connectivity index (χ0) is 62.3. The molecule has 0 spiro atoms. The van der Waals surface area contributed by atoms with Crippen LogP contribution in [0.4, 0.5) is 0 Å². The molecule has 2 rings (SSSR count). The Morgan fingerprint density at radius 1 is 0.430 bits per heavy atom. The SMILES string of the molecule is CC/C=C\C/C=C\C/C=C\C/C=C\C/C=C\C/C=C\C/C=C\C/C=C\CCCCCCCCCCCCC(=O)NC(COC1OC(CO)C(OC2OC(CO)C(O)C(O)C2O)C(O)C1O)C(O)/C=C/CCCCCCCCCCCCCCCCC. The molecule has 2 aliphatic rings. The van der Waals surface area contributed by atoms with E-state index < -0.39 is 86.8 Å². The largest absolute Gasteiger partial charge is 0.394 e. The van der Waals surface area contributed by atoms with Crippen LogP contribution in [0.15, 0.2) is 109 Å². The van der Waals surface area contributed by atoms with Gasteiger partial charge in [-0.1, -0.05) is 264 Å². The molecule has 0 aromatic heterocycles. The number of hydrogen-bond acceptors (Lipinski definition) is 13. The minimum Gasteiger partial charge on any atom is -0.394 e. The third kappa shape index (κ3) is 39.6. The fourth-order valence-electron chi connectivity index (χ4n) is 10.5. The number of aliphatic hydroxyl groups excluding tert-OH is 8. The van der Waals surface area contributed by atoms with Gasteiger partial charge in [-0.2, -0.15) is 0 Å². The molecule has 2 fully saturated rings. The van der Waals surface area contributed by atoms with E-state index in [1.54, 1.807) is 6.08 Å². The molecule has 0 aromatic carbocycles. The van der Waals surface area contributed by atoms with Crippen molar-refractivity contribution in [1.29, 1.82) is 0 Å². The van der Waals surface area contributed by atoms with Gasteiger partial charge < -0.3 is 65.1 Å². The summed E-state index contributed by atoms with van der Waals surface area (Å²) >= 11 is 0. The minimum absolute atomic E-state index is 0.247. The molecule has 12 unspecified atom stereocenters. The van der Waals surface area contributed by atoms with E-state index in [0.717, 1.165) is 96.3 Å². The predicted molar refractivity (Wildman–Crippen MR) is 350 cm³/mol. The highest BCUT2D eigenvalue weighted by atomic mass is 16.7. The van der Waals surface area contributed by atoms with Crippen LogP contribution in [0, 0.1) is 0 Å². The summed E-state index contributed by atoms with van der Waals surface area (Å²) in [6, 6.07) is -0.924. The Hall–Kier alpha value is -3.35. The Kier molecular flexibility index (Phi) is 51.0. The number of aliphatic hydroxyl groups is 8. The number of carbonyl (C=O) groups is 1. The van der Waals surface area contributed by atoms with Crippen LogP contribution in [-0.2, 0) is 23.7 Å². The number of amides is 1. The number of carbonyl (C=O) groups excluding carboxylic acids is 1. The van der Waals surface area contributed by atoms with Crippen molar-refractivity contribution in [2.24, 2.45) is 0 Å². The first-order chi connectivity index (χ1) is 42.1. The van der Waals surface area contributed by atoms with Crippen LogP contribution in [0.25, 0.3) is 0 Å². The highest BCUT2D eigenvalue weighted by Gasteiger charge is 2.51. The third-order valence-corrected chi connectivity index (χ3v) is 16.0. The Labute approximate surface area is 521 Å². The molecule has 12 atom stereocenters. The second kappa shape index (κ2) is 55.7. The molecule has 14 nitrogen and oxygen atoms in total. The van der Waals surface area contributed by atoms with Crippen LogP contribution in [0.2, 0.25) is 0 Å². The summed E-state index contributed by atoms with van der Waals surface area (Å²) in [5, 5.41) is 87.3. The van der Waals surface area contributed by atoms with Gasteiger partial charge in [0.1, 0.15) is 48.8 Å². The van der Waals surface area contributed by atoms with Crippen molar-refractivity contribution in [1.82, 2.24) is 5.32 Å². The van der Waals surface area contributed by atoms with E-state index in [9.17, 15) is 45.6 Å². The first-order valence-electron chi connectivity index (χ1n) is 34.1. The van der Waals surface area contributed by atoms with Crippen molar-refractivity contribution < 1.29 is 64.6 Å². The van der Waals surface area contributed by atoms with Crippen molar-refractivity contribution >= 4 is 5.91 Å². The van der Waals surface area contributed by atoms with Gasteiger partial charge in [-0.3, -0.25) is 4.79 Å². The third-order valence-electron chi connectivity index (χ3n) is 16.0. The average molecular weight is 1210 g/mol. The van der Waals surface area contributed by atoms with Gasteiger partial charge in [0.05, 0.1) is 32.0 Å². The number of rotatable bonds is 54. The fraction of sp³-hybridized carbons (Fsp3) is 0.736. The summed E-state index contributed by atoms with van der Waals surface area (Å²) in [6.07, 6.45) is 62.7. The fourth-order valence-corrected chi connectivity index (χ4v) is 10.5. The zero-order valence-electron chi connectivity index (χ0n) is 53.5. The molecular weight excluding hydrogens is 1090 g/mol. The molecule has 1 amide bonds. The normalized spacial score (nSPS) is 24.1. The van der Waals surface area contributed by atoms with Gasteiger partial charge in [0.25, 0.3) is 0 Å². The molecule has 0 radical (unpaired) electrons. The van der Waals surface area contributed by atoms with Crippen molar-refractivity contribution in [2.75, 3.05) is 19.8 Å². The molecular formula is C72H123NO13. The smallest absolute Gasteiger partial charge is 0.220 e. The molecule has 2 saturated heterocycles. The molecule has 0 aliphatic carbocycles. The van der Waals surface area contributed by atoms with E-state index in [2.05, 4.69) is 116 Å². The number of unbranched alkanes of at least 4 members (excludes halogenated alkanes) is 25. The van der Waals surface area contributed by atoms with Gasteiger partial charge in [-0.15, -0.1) is 0 Å². The number of allylic oxidation sites excluding steroid dienone is 17. The van der Waals surface area contributed by atoms with Crippen molar-refractivity contribution in [3.8, 4) is 0 Å². The van der Waals surface area contributed by atoms with Crippen molar-refractivity contribution in [2.45, 2.75) is 319 Å². The Morgan fingerprint density at radius 3 is 1.23 bits per heavy atom. The molecule has 86 heavy (non-hydrogen) atoms. The van der Waals surface area contributed by atoms with E-state index in [1.165, 1.54) is 122 Å². The highest BCUT2D eigenvalue weighted by Crippen LogP contribution is 2.30. The van der Waals surface area contributed by atoms with Crippen molar-refractivity contribution in [3.05, 3.63) is 109 Å². The molecule has 0 aromatic rings. The van der Waals surface area contributed by atoms with E-state index in [4.69, 9.17) is 18.9 Å². The first kappa shape index (κ1) is 78.7. The monoisotopic (exact) mass is 1210 g/mol. The van der Waals surface area contributed by atoms with Crippen molar-refractivity contribution in [3.63, 3.8) is 0 Å². The molecule has 494 valence electrons. The Bertz CT molecular complexity index is 1860. The van der Waals surface area contributed by atoms with Crippen LogP contribution in [0.3, 0.4) is 0 Å². The summed E-state index contributed by atoms with van der Waals surface area (Å²) in [6.45, 7) is 2.69. The maximum absolute atomic E-state index is 13.3. The standard InChI is InChI=1S/C72H123NO13/c1-3-5-7-9-11-13-15-17-19-21-22-23-24-25-26-27-28-29-30-31-32-33-34-35-36-37-38-40-42-44-46-48-50-52-54-56-64(77)73-60(61(76)55-53-51-49-47-45-43-41-39-20-18-16-14-12-10-8-6-4-2)59-83-71-69(82)67(80)70(63(58-75)85-71)86-72-68(81)66(79)65(78)62(57-74)84-72/h5,7,11,13,17,19,22-23,25-26,28-29,31-32,34-35,53,55,60-63,65-72,74-76,78-82H,3-4,6,8-10,12,14-16,18,20-21,24,27,30,33,36-52,54,56-59H2,1-2H3,(H,73,77)/b7-5-,13-11-,19-17-,23-22-,26-25-,29-28-,32-31-,35-34-,55-53+. The zero-order valence-corrected chi connectivity index (χ0v) is 53.5. The maximum Gasteiger partial charge on any atom is 0.220 e. The number of ether oxygens (including phenoxy) is 4. The summed E-state index contributed by atoms with van der Waals surface area (Å²) in [5.41, 5.74) is 0. The lowest BCUT2D eigenvalue weighted by Crippen LogP contribution is -2.65. The molecule has 2 heterocycles. The molecule has 14 heteroatoms. The van der Waals surface area contributed by atoms with E-state index in [-0.39, 0.29) is 18.9 Å². The quantitative estimate of drug-likeness (QED) is 0.0204. The maximum atomic E-state index is 13.3. The molecule has 0 saturated carbocycles. The van der Waals surface area contributed by atoms with Gasteiger partial charge in [0, 0.05) is 6.42 Å². The second-order valence-corrected chi connectivity index (χ2v) is 23.6. The van der Waals surface area contributed by atoms with Gasteiger partial charge in [0.15, 0.2) is 12.6 Å². The number of nitrogens with one attached hydrogen (secondary N) is 1. The Balaban J connectivity index is 1.67. The highest BCUT2D eigenvalue weighted by molar-refractivity contribution is 5.76. The van der Waals surface area contributed by atoms with Gasteiger partial charge in [0.2, 0.25) is 5.91 Å². The van der Waals surface area contributed by atoms with E-state index in [0.29, 0.717) is 6.42 Å². The summed E-state index contributed by atoms with van der Waals surface area (Å²) < 4.78 is 22.8. The van der Waals surface area contributed by atoms with Gasteiger partial charge in [-0.25, -0.2) is 0 Å². The minimum atomic E-state index is -1.79. The number of hydrogen-bond donors (Lipinski definition) is 9. The predicted octanol–water partition coefficient (Wildman–Crippen LogP) is 13.6. The molecule has 2 aliphatic heterocycles. The van der Waals surface area contributed by atoms with Crippen LogP contribution in [0.1, 0.15) is 245 Å². The summed E-state index contributed by atoms with van der Waals surface area (Å²) in [5.74, 6) is -0.247. The van der Waals surface area contributed by atoms with Crippen LogP contribution in [-0.4, -0.2) is 140 Å². The van der Waals surface area contributed by atoms with Crippen LogP contribution >= 0.6 is 0 Å². The van der Waals surface area contributed by atoms with Gasteiger partial charge in [-0.05, 0) is 83.5 Å². The van der Waals surface area contributed by atoms with E-state index >= 15 is 0 Å². The lowest BCUT2D eigenvalue weighted by Gasteiger charge is -2.46. The summed E-state index contributed by atoms with van der Waals surface area (Å²) in [7, 11) is 0. The molecule has 9 N–H and O–H groups in total. The van der Waals surface area contributed by atoms with Crippen LogP contribution < -0.4 is 5.32 Å². The van der Waals surface area contributed by atoms with Crippen LogP contribution in [0.5, 0.6) is 0 Å². The second-order valence-electron chi connectivity index (χ2n) is 23.6. The van der Waals surface area contributed by atoms with E-state index in [1.807, 2.05) is 6.08 Å². The van der Waals surface area contributed by atoms with Gasteiger partial charge >= 0.3 is 0 Å². The lowest BCUT2D eigenvalue weighted by atomic mass is 9.97. The first-order valence-corrected chi connectivity index (χ1v) is 34.1. The lowest BCUT2D eigenvalue weighted by molar-refractivity contribution is -0.359. The average Bonchev–Trinajstić information content (AvgIpc) is 2.46. The summed E-state index contributed by atoms with van der Waals surface area (Å²) in [4.78, 5) is 13.3.